The predicted octanol–water partition coefficient (Wildman–Crippen LogP) is 8.34. The Morgan fingerprint density at radius 2 is 1.88 bits per heavy atom. The van der Waals surface area contributed by atoms with Crippen LogP contribution in [0.25, 0.3) is 10.9 Å². The number of halogens is 4. The van der Waals surface area contributed by atoms with Gasteiger partial charge in [-0.1, -0.05) is 44.4 Å². The maximum absolute atomic E-state index is 13.3. The van der Waals surface area contributed by atoms with Gasteiger partial charge in [0.2, 0.25) is 0 Å². The number of hydrogen-bond acceptors (Lipinski definition) is 2. The second-order valence-corrected chi connectivity index (χ2v) is 10.2. The molecule has 7 heteroatoms. The van der Waals surface area contributed by atoms with Gasteiger partial charge in [-0.25, -0.2) is 0 Å². The Labute approximate surface area is 198 Å². The van der Waals surface area contributed by atoms with E-state index < -0.39 is 11.6 Å². The molecule has 182 valence electrons. The fourth-order valence-electron chi connectivity index (χ4n) is 4.90. The Kier molecular flexibility index (Phi) is 7.87. The van der Waals surface area contributed by atoms with Gasteiger partial charge in [0, 0.05) is 47.1 Å². The molecule has 0 aliphatic heterocycles. The van der Waals surface area contributed by atoms with Gasteiger partial charge in [-0.2, -0.15) is 13.2 Å². The van der Waals surface area contributed by atoms with Crippen molar-refractivity contribution in [2.45, 2.75) is 77.3 Å². The molecule has 1 aromatic heterocycles. The Balaban J connectivity index is 1.67. The van der Waals surface area contributed by atoms with E-state index in [2.05, 4.69) is 6.58 Å². The molecule has 33 heavy (non-hydrogen) atoms. The Bertz CT molecular complexity index is 1020. The second kappa shape index (κ2) is 10.1. The highest BCUT2D eigenvalue weighted by atomic mass is 35.5. The van der Waals surface area contributed by atoms with Gasteiger partial charge in [0.05, 0.1) is 11.2 Å². The summed E-state index contributed by atoms with van der Waals surface area (Å²) in [4.78, 5) is 13.3. The fraction of sp³-hybridized carbons (Fsp3) is 0.577. The zero-order valence-electron chi connectivity index (χ0n) is 19.4. The van der Waals surface area contributed by atoms with Gasteiger partial charge < -0.3 is 9.67 Å². The number of nitrogens with zero attached hydrogens (tertiary/aromatic N) is 1. The van der Waals surface area contributed by atoms with Crippen LogP contribution in [0.5, 0.6) is 0 Å². The number of rotatable bonds is 12. The third kappa shape index (κ3) is 5.95. The van der Waals surface area contributed by atoms with E-state index in [1.165, 1.54) is 0 Å². The molecule has 0 amide bonds. The summed E-state index contributed by atoms with van der Waals surface area (Å²) in [5, 5.41) is 10.8. The molecular formula is C26H33ClF3NO2. The molecule has 1 aliphatic rings. The first-order chi connectivity index (χ1) is 15.4. The van der Waals surface area contributed by atoms with E-state index in [-0.39, 0.29) is 43.1 Å². The van der Waals surface area contributed by atoms with Crippen LogP contribution < -0.4 is 0 Å². The van der Waals surface area contributed by atoms with Crippen molar-refractivity contribution in [3.8, 4) is 0 Å². The largest absolute Gasteiger partial charge is 0.513 e. The number of ketones is 1. The minimum atomic E-state index is -4.08. The predicted molar refractivity (Wildman–Crippen MR) is 127 cm³/mol. The fourth-order valence-corrected chi connectivity index (χ4v) is 5.07. The number of aliphatic hydroxyl groups excluding tert-OH is 1. The second-order valence-electron chi connectivity index (χ2n) is 9.74. The van der Waals surface area contributed by atoms with Crippen LogP contribution in [-0.2, 0) is 13.5 Å². The number of unbranched alkanes of at least 4 members (excludes halogenated alkanes) is 3. The lowest BCUT2D eigenvalue weighted by Gasteiger charge is -2.18. The highest BCUT2D eigenvalue weighted by Gasteiger charge is 2.62. The molecule has 0 spiro atoms. The summed E-state index contributed by atoms with van der Waals surface area (Å²) in [5.41, 5.74) is 1.11. The van der Waals surface area contributed by atoms with Gasteiger partial charge in [0.15, 0.2) is 5.78 Å². The molecule has 1 heterocycles. The number of Topliss-reactive ketones (excluding diaryl/α,β-unsaturated/α-hetero) is 1. The summed E-state index contributed by atoms with van der Waals surface area (Å²) < 4.78 is 41.3. The third-order valence-electron chi connectivity index (χ3n) is 6.95. The van der Waals surface area contributed by atoms with Gasteiger partial charge >= 0.3 is 6.18 Å². The first-order valence-corrected chi connectivity index (χ1v) is 12.1. The molecular weight excluding hydrogens is 451 g/mol. The number of aryl methyl sites for hydroxylation is 1. The summed E-state index contributed by atoms with van der Waals surface area (Å²) in [6.45, 7) is 5.42. The number of alkyl halides is 3. The zero-order chi connectivity index (χ0) is 24.4. The van der Waals surface area contributed by atoms with Crippen molar-refractivity contribution in [1.29, 1.82) is 0 Å². The lowest BCUT2D eigenvalue weighted by molar-refractivity contribution is -0.189. The maximum atomic E-state index is 13.3. The van der Waals surface area contributed by atoms with Crippen molar-refractivity contribution in [3.05, 3.63) is 46.8 Å². The van der Waals surface area contributed by atoms with E-state index in [0.717, 1.165) is 35.9 Å². The molecule has 1 fully saturated rings. The lowest BCUT2D eigenvalue weighted by atomic mass is 9.93. The number of allylic oxidation sites excluding steroid dienone is 1. The maximum Gasteiger partial charge on any atom is 0.394 e. The van der Waals surface area contributed by atoms with E-state index >= 15 is 0 Å². The van der Waals surface area contributed by atoms with Crippen molar-refractivity contribution < 1.29 is 23.1 Å². The van der Waals surface area contributed by atoms with Crippen LogP contribution in [0, 0.1) is 11.3 Å². The number of fused-ring (bicyclic) bond motifs is 1. The van der Waals surface area contributed by atoms with Crippen molar-refractivity contribution >= 4 is 28.3 Å². The molecule has 0 unspecified atom stereocenters. The number of carbonyl (C=O) groups excluding carboxylic acids is 1. The van der Waals surface area contributed by atoms with Crippen molar-refractivity contribution in [1.82, 2.24) is 4.57 Å². The van der Waals surface area contributed by atoms with Gasteiger partial charge in [-0.05, 0) is 56.2 Å². The topological polar surface area (TPSA) is 42.2 Å². The molecule has 0 radical (unpaired) electrons. The SMILES string of the molecule is C=C(O)C[C@@H](C)CC(=O)c1c(CCCCCCC2(C(F)(F)F)CC2)n(C)c2ccc(Cl)cc12. The first kappa shape index (κ1) is 25.7. The number of aromatic nitrogens is 1. The van der Waals surface area contributed by atoms with Gasteiger partial charge in [-0.3, -0.25) is 4.79 Å². The van der Waals surface area contributed by atoms with Crippen LogP contribution in [0.2, 0.25) is 5.02 Å². The van der Waals surface area contributed by atoms with Crippen LogP contribution in [-0.4, -0.2) is 21.6 Å². The van der Waals surface area contributed by atoms with E-state index in [9.17, 15) is 23.1 Å². The highest BCUT2D eigenvalue weighted by molar-refractivity contribution is 6.31. The lowest BCUT2D eigenvalue weighted by Crippen LogP contribution is -2.24. The summed E-state index contributed by atoms with van der Waals surface area (Å²) >= 11 is 6.22. The minimum Gasteiger partial charge on any atom is -0.513 e. The van der Waals surface area contributed by atoms with Crippen LogP contribution in [0.15, 0.2) is 30.5 Å². The van der Waals surface area contributed by atoms with Crippen molar-refractivity contribution in [2.75, 3.05) is 0 Å². The molecule has 3 rings (SSSR count). The standard InChI is InChI=1S/C26H33ClF3NO2/c1-17(14-18(2)32)15-23(33)24-20-16-19(27)9-10-21(20)31(3)22(24)8-6-4-5-7-11-25(12-13-25)26(28,29)30/h9-10,16-17,32H,2,4-8,11-15H2,1,3H3/t17-/m1/s1. The van der Waals surface area contributed by atoms with Crippen LogP contribution in [0.1, 0.15) is 80.8 Å². The molecule has 1 aromatic carbocycles. The van der Waals surface area contributed by atoms with Crippen LogP contribution in [0.4, 0.5) is 13.2 Å². The molecule has 0 saturated heterocycles. The van der Waals surface area contributed by atoms with Crippen LogP contribution in [0.3, 0.4) is 0 Å². The molecule has 0 bridgehead atoms. The van der Waals surface area contributed by atoms with Crippen molar-refractivity contribution in [3.63, 3.8) is 0 Å². The number of hydrogen-bond donors (Lipinski definition) is 1. The van der Waals surface area contributed by atoms with E-state index in [1.807, 2.05) is 30.7 Å². The summed E-state index contributed by atoms with van der Waals surface area (Å²) in [7, 11) is 1.93. The van der Waals surface area contributed by atoms with E-state index in [4.69, 9.17) is 11.6 Å². The monoisotopic (exact) mass is 483 g/mol. The highest BCUT2D eigenvalue weighted by Crippen LogP contribution is 2.60. The quantitative estimate of drug-likeness (QED) is 0.187. The number of aliphatic hydroxyl groups is 1. The molecule has 3 nitrogen and oxygen atoms in total. The van der Waals surface area contributed by atoms with Gasteiger partial charge in [-0.15, -0.1) is 0 Å². The molecule has 1 N–H and O–H groups in total. The molecule has 2 aromatic rings. The minimum absolute atomic E-state index is 0.00692. The average Bonchev–Trinajstić information content (AvgIpc) is 3.44. The number of benzene rings is 1. The van der Waals surface area contributed by atoms with Crippen LogP contribution >= 0.6 is 11.6 Å². The molecule has 1 atom stereocenters. The smallest absolute Gasteiger partial charge is 0.394 e. The summed E-state index contributed by atoms with van der Waals surface area (Å²) in [6.07, 6.45) is 0.979. The van der Waals surface area contributed by atoms with Crippen molar-refractivity contribution in [2.24, 2.45) is 18.4 Å². The Morgan fingerprint density at radius 3 is 2.48 bits per heavy atom. The summed E-state index contributed by atoms with van der Waals surface area (Å²) in [5.74, 6) is 0.0307. The van der Waals surface area contributed by atoms with E-state index in [1.54, 1.807) is 6.07 Å². The normalized spacial score (nSPS) is 16.2. The Hall–Kier alpha value is -1.95. The molecule has 1 saturated carbocycles. The molecule has 1 aliphatic carbocycles. The third-order valence-corrected chi connectivity index (χ3v) is 7.19. The van der Waals surface area contributed by atoms with E-state index in [0.29, 0.717) is 29.8 Å². The van der Waals surface area contributed by atoms with Gasteiger partial charge in [0.25, 0.3) is 0 Å². The summed E-state index contributed by atoms with van der Waals surface area (Å²) in [6, 6.07) is 5.52. The number of carbonyl (C=O) groups is 1. The zero-order valence-corrected chi connectivity index (χ0v) is 20.2. The van der Waals surface area contributed by atoms with Gasteiger partial charge in [0.1, 0.15) is 0 Å². The first-order valence-electron chi connectivity index (χ1n) is 11.7. The Morgan fingerprint density at radius 1 is 1.21 bits per heavy atom. The average molecular weight is 484 g/mol.